The van der Waals surface area contributed by atoms with Gasteiger partial charge in [0.2, 0.25) is 4.91 Å². The van der Waals surface area contributed by atoms with Crippen molar-refractivity contribution in [3.8, 4) is 0 Å². The highest BCUT2D eigenvalue weighted by atomic mass is 32.2. The summed E-state index contributed by atoms with van der Waals surface area (Å²) in [6.45, 7) is 2.22. The van der Waals surface area contributed by atoms with Crippen LogP contribution in [-0.2, 0) is 26.6 Å². The van der Waals surface area contributed by atoms with Gasteiger partial charge in [-0.3, -0.25) is 0 Å². The second-order valence-corrected chi connectivity index (χ2v) is 10.1. The van der Waals surface area contributed by atoms with Crippen LogP contribution in [0.15, 0.2) is 69.6 Å². The Bertz CT molecular complexity index is 1310. The summed E-state index contributed by atoms with van der Waals surface area (Å²) in [5, 5.41) is 3.71. The topological polar surface area (TPSA) is 136 Å². The third-order valence-electron chi connectivity index (χ3n) is 4.50. The van der Waals surface area contributed by atoms with Gasteiger partial charge in [0, 0.05) is 11.9 Å². The highest BCUT2D eigenvalue weighted by molar-refractivity contribution is 7.92. The molecular weight excluding hydrogens is 426 g/mol. The minimum Gasteiger partial charge on any atom is -0.221 e. The number of hydrogen-bond acceptors (Lipinski definition) is 6. The van der Waals surface area contributed by atoms with Crippen LogP contribution in [0, 0.1) is 5.53 Å². The molecule has 0 atom stereocenters. The van der Waals surface area contributed by atoms with E-state index in [1.54, 1.807) is 36.4 Å². The molecular formula is C19H22N5O4S2+. The first-order valence-corrected chi connectivity index (χ1v) is 12.2. The molecule has 0 aliphatic heterocycles. The zero-order chi connectivity index (χ0) is 21.8. The molecule has 0 saturated carbocycles. The number of sulfonamides is 1. The summed E-state index contributed by atoms with van der Waals surface area (Å²) < 4.78 is 56.1. The molecule has 3 rings (SSSR count). The summed E-state index contributed by atoms with van der Waals surface area (Å²) in [5.74, 6) is 0. The maximum Gasteiger partial charge on any atom is 0.269 e. The Hall–Kier alpha value is -2.85. The lowest BCUT2D eigenvalue weighted by Gasteiger charge is -2.13. The van der Waals surface area contributed by atoms with Gasteiger partial charge in [0.05, 0.1) is 10.4 Å². The molecule has 0 amide bonds. The third-order valence-corrected chi connectivity index (χ3v) is 7.79. The molecule has 30 heavy (non-hydrogen) atoms. The molecule has 11 heteroatoms. The van der Waals surface area contributed by atoms with Gasteiger partial charge in [-0.1, -0.05) is 43.7 Å². The summed E-state index contributed by atoms with van der Waals surface area (Å²) in [7, 11) is -8.28. The molecule has 0 fully saturated rings. The Morgan fingerprint density at radius 3 is 2.47 bits per heavy atom. The Morgan fingerprint density at radius 1 is 1.07 bits per heavy atom. The average Bonchev–Trinajstić information content (AvgIpc) is 3.13. The van der Waals surface area contributed by atoms with Crippen LogP contribution in [0.1, 0.15) is 25.3 Å². The predicted octanol–water partition coefficient (Wildman–Crippen LogP) is 3.01. The number of rotatable bonds is 9. The molecule has 1 aromatic heterocycles. The van der Waals surface area contributed by atoms with E-state index in [2.05, 4.69) is 14.7 Å². The van der Waals surface area contributed by atoms with Gasteiger partial charge >= 0.3 is 0 Å². The van der Waals surface area contributed by atoms with Crippen LogP contribution in [-0.4, -0.2) is 27.4 Å². The highest BCUT2D eigenvalue weighted by Gasteiger charge is 2.29. The lowest BCUT2D eigenvalue weighted by molar-refractivity contribution is 0.564. The minimum atomic E-state index is -4.20. The molecule has 0 unspecified atom stereocenters. The van der Waals surface area contributed by atoms with E-state index in [-0.39, 0.29) is 28.5 Å². The second-order valence-electron chi connectivity index (χ2n) is 6.61. The normalized spacial score (nSPS) is 12.0. The molecule has 3 aromatic rings. The lowest BCUT2D eigenvalue weighted by atomic mass is 10.2. The molecule has 158 valence electrons. The Labute approximate surface area is 175 Å². The van der Waals surface area contributed by atoms with E-state index < -0.39 is 20.0 Å². The maximum absolute atomic E-state index is 13.4. The number of nitrogens with zero attached hydrogens (tertiary/aromatic N) is 3. The van der Waals surface area contributed by atoms with E-state index in [1.807, 2.05) is 6.92 Å². The van der Waals surface area contributed by atoms with E-state index in [1.165, 1.54) is 18.2 Å². The summed E-state index contributed by atoms with van der Waals surface area (Å²) >= 11 is 0. The van der Waals surface area contributed by atoms with Crippen LogP contribution >= 0.6 is 0 Å². The van der Waals surface area contributed by atoms with E-state index in [9.17, 15) is 16.8 Å². The molecule has 0 spiro atoms. The number of aromatic nitrogens is 1. The molecule has 1 heterocycles. The maximum atomic E-state index is 13.4. The summed E-state index contributed by atoms with van der Waals surface area (Å²) in [4.78, 5) is 2.94. The van der Waals surface area contributed by atoms with Gasteiger partial charge in [-0.05, 0) is 36.2 Å². The summed E-state index contributed by atoms with van der Waals surface area (Å²) in [6, 6.07) is 13.9. The first-order valence-electron chi connectivity index (χ1n) is 9.29. The molecule has 9 nitrogen and oxygen atoms in total. The Morgan fingerprint density at radius 2 is 1.80 bits per heavy atom. The first kappa shape index (κ1) is 21.8. The van der Waals surface area contributed by atoms with Crippen molar-refractivity contribution in [2.24, 2.45) is 5.11 Å². The Kier molecular flexibility index (Phi) is 6.47. The van der Waals surface area contributed by atoms with Gasteiger partial charge in [0.25, 0.3) is 20.0 Å². The zero-order valence-electron chi connectivity index (χ0n) is 16.3. The van der Waals surface area contributed by atoms with Crippen molar-refractivity contribution >= 4 is 30.9 Å². The summed E-state index contributed by atoms with van der Waals surface area (Å²) in [5.41, 5.74) is 7.62. The highest BCUT2D eigenvalue weighted by Crippen LogP contribution is 2.29. The monoisotopic (exact) mass is 448 g/mol. The largest absolute Gasteiger partial charge is 0.269 e. The quantitative estimate of drug-likeness (QED) is 0.295. The summed E-state index contributed by atoms with van der Waals surface area (Å²) in [6.07, 6.45) is 1.43. The minimum absolute atomic E-state index is 0.0243. The number of fused-ring (bicyclic) bond motifs is 1. The first-order chi connectivity index (χ1) is 14.3. The standard InChI is InChI=1S/C19H22N5O4S2/c1-2-3-11-22-29(25,26)19-13-16-10-9-15(14-21-23-20)12-18(16)24(19)30(27,28)17-7-5-4-6-8-17/h4-10,12-13,20,22H,2-3,11,14H2,1H3/q+1. The molecule has 0 radical (unpaired) electrons. The Balaban J connectivity index is 2.28. The molecule has 0 saturated heterocycles. The van der Waals surface area contributed by atoms with Crippen LogP contribution in [0.5, 0.6) is 0 Å². The predicted molar refractivity (Wildman–Crippen MR) is 112 cm³/mol. The number of hydrogen-bond donors (Lipinski definition) is 2. The van der Waals surface area contributed by atoms with Gasteiger partial charge in [-0.25, -0.2) is 25.5 Å². The van der Waals surface area contributed by atoms with Crippen molar-refractivity contribution in [1.29, 1.82) is 5.53 Å². The second kappa shape index (κ2) is 8.88. The fourth-order valence-corrected chi connectivity index (χ4v) is 6.17. The van der Waals surface area contributed by atoms with Crippen LogP contribution < -0.4 is 9.63 Å². The molecule has 0 aliphatic rings. The number of nitrogens with one attached hydrogen (secondary N) is 2. The zero-order valence-corrected chi connectivity index (χ0v) is 17.9. The van der Waals surface area contributed by atoms with Gasteiger partial charge < -0.3 is 0 Å². The molecule has 2 N–H and O–H groups in total. The van der Waals surface area contributed by atoms with Crippen molar-refractivity contribution < 1.29 is 16.8 Å². The molecule has 0 bridgehead atoms. The molecule has 0 aliphatic carbocycles. The SMILES string of the molecule is CCCCNS(=O)(=O)c1cc2ccc(CN=[N+]=N)cc2n1S(=O)(=O)c1ccccc1. The van der Waals surface area contributed by atoms with Gasteiger partial charge in [0.15, 0.2) is 5.03 Å². The van der Waals surface area contributed by atoms with Crippen molar-refractivity contribution in [3.05, 3.63) is 60.2 Å². The smallest absolute Gasteiger partial charge is 0.221 e. The van der Waals surface area contributed by atoms with Gasteiger partial charge in [0.1, 0.15) is 17.2 Å². The van der Waals surface area contributed by atoms with Crippen LogP contribution in [0.4, 0.5) is 0 Å². The van der Waals surface area contributed by atoms with Crippen LogP contribution in [0.3, 0.4) is 0 Å². The van der Waals surface area contributed by atoms with Crippen molar-refractivity contribution in [2.45, 2.75) is 36.2 Å². The fraction of sp³-hybridized carbons (Fsp3) is 0.263. The molecule has 2 aromatic carbocycles. The van der Waals surface area contributed by atoms with E-state index in [4.69, 9.17) is 5.53 Å². The van der Waals surface area contributed by atoms with Gasteiger partial charge in [-0.2, -0.15) is 0 Å². The van der Waals surface area contributed by atoms with E-state index in [0.29, 0.717) is 17.4 Å². The van der Waals surface area contributed by atoms with Crippen LogP contribution in [0.2, 0.25) is 0 Å². The van der Waals surface area contributed by atoms with Gasteiger partial charge in [-0.15, -0.1) is 0 Å². The lowest BCUT2D eigenvalue weighted by Crippen LogP contribution is -2.28. The number of unbranched alkanes of at least 4 members (excludes halogenated alkanes) is 1. The van der Waals surface area contributed by atoms with E-state index in [0.717, 1.165) is 10.4 Å². The fourth-order valence-electron chi connectivity index (χ4n) is 3.00. The van der Waals surface area contributed by atoms with E-state index >= 15 is 0 Å². The van der Waals surface area contributed by atoms with Crippen molar-refractivity contribution in [3.63, 3.8) is 0 Å². The number of benzene rings is 2. The average molecular weight is 449 g/mol. The van der Waals surface area contributed by atoms with Crippen molar-refractivity contribution in [2.75, 3.05) is 6.54 Å². The van der Waals surface area contributed by atoms with Crippen LogP contribution in [0.25, 0.3) is 10.9 Å². The van der Waals surface area contributed by atoms with Crippen molar-refractivity contribution in [1.82, 2.24) is 13.6 Å². The third kappa shape index (κ3) is 4.34.